The van der Waals surface area contributed by atoms with Crippen molar-refractivity contribution in [3.05, 3.63) is 28.7 Å². The van der Waals surface area contributed by atoms with E-state index in [1.54, 1.807) is 16.3 Å². The van der Waals surface area contributed by atoms with E-state index in [-0.39, 0.29) is 30.4 Å². The number of esters is 1. The van der Waals surface area contributed by atoms with Crippen LogP contribution in [0.2, 0.25) is 0 Å². The number of hydrogen-bond acceptors (Lipinski definition) is 5. The highest BCUT2D eigenvalue weighted by Crippen LogP contribution is 2.18. The number of rotatable bonds is 7. The molecule has 0 N–H and O–H groups in total. The third-order valence-corrected chi connectivity index (χ3v) is 4.89. The summed E-state index contributed by atoms with van der Waals surface area (Å²) in [7, 11) is 0. The van der Waals surface area contributed by atoms with Crippen LogP contribution in [0.4, 0.5) is 0 Å². The minimum absolute atomic E-state index is 0.0503. The molecule has 1 unspecified atom stereocenters. The average Bonchev–Trinajstić information content (AvgIpc) is 2.94. The summed E-state index contributed by atoms with van der Waals surface area (Å²) >= 11 is 0. The molecule has 28 heavy (non-hydrogen) atoms. The first kappa shape index (κ1) is 21.9. The molecule has 154 valence electrons. The molecular weight excluding hydrogens is 356 g/mol. The number of nitrogens with zero attached hydrogens (tertiary/aromatic N) is 4. The molecule has 0 spiro atoms. The van der Waals surface area contributed by atoms with Crippen LogP contribution in [0, 0.1) is 20.8 Å². The van der Waals surface area contributed by atoms with Gasteiger partial charge < -0.3 is 9.64 Å². The van der Waals surface area contributed by atoms with E-state index >= 15 is 0 Å². The van der Waals surface area contributed by atoms with Gasteiger partial charge in [0, 0.05) is 36.0 Å². The number of fused-ring (bicyclic) bond motifs is 1. The summed E-state index contributed by atoms with van der Waals surface area (Å²) in [6.07, 6.45) is -0.109. The molecular formula is C21H32N4O3. The second-order valence-corrected chi connectivity index (χ2v) is 7.88. The van der Waals surface area contributed by atoms with Crippen LogP contribution in [0.25, 0.3) is 5.65 Å². The maximum Gasteiger partial charge on any atom is 0.306 e. The summed E-state index contributed by atoms with van der Waals surface area (Å²) in [5.74, 6) is -0.551. The van der Waals surface area contributed by atoms with Gasteiger partial charge in [-0.3, -0.25) is 9.59 Å². The number of hydrogen-bond donors (Lipinski definition) is 0. The molecule has 1 atom stereocenters. The second-order valence-electron chi connectivity index (χ2n) is 7.88. The Balaban J connectivity index is 2.04. The predicted molar refractivity (Wildman–Crippen MR) is 108 cm³/mol. The normalized spacial score (nSPS) is 12.6. The zero-order valence-corrected chi connectivity index (χ0v) is 18.2. The Kier molecular flexibility index (Phi) is 6.80. The summed E-state index contributed by atoms with van der Waals surface area (Å²) in [5.41, 5.74) is 4.54. The van der Waals surface area contributed by atoms with Crippen molar-refractivity contribution in [2.24, 2.45) is 0 Å². The van der Waals surface area contributed by atoms with E-state index in [9.17, 15) is 9.59 Å². The fourth-order valence-corrected chi connectivity index (χ4v) is 3.65. The van der Waals surface area contributed by atoms with Crippen LogP contribution >= 0.6 is 0 Å². The molecule has 0 fully saturated rings. The zero-order valence-electron chi connectivity index (χ0n) is 18.2. The molecule has 7 heteroatoms. The highest BCUT2D eigenvalue weighted by atomic mass is 16.5. The lowest BCUT2D eigenvalue weighted by molar-refractivity contribution is -0.161. The SMILES string of the molecule is Cc1cc2nc(C)c(CCC(=O)OC(C)C(=O)N(C(C)C)C(C)C)c(C)n2n1. The molecule has 2 rings (SSSR count). The highest BCUT2D eigenvalue weighted by molar-refractivity contribution is 5.84. The lowest BCUT2D eigenvalue weighted by Crippen LogP contribution is -2.47. The Morgan fingerprint density at radius 3 is 2.29 bits per heavy atom. The van der Waals surface area contributed by atoms with Crippen molar-refractivity contribution in [1.29, 1.82) is 0 Å². The Bertz CT molecular complexity index is 862. The van der Waals surface area contributed by atoms with Crippen LogP contribution in [0.15, 0.2) is 6.07 Å². The van der Waals surface area contributed by atoms with E-state index in [1.807, 2.05) is 54.5 Å². The van der Waals surface area contributed by atoms with Gasteiger partial charge >= 0.3 is 5.97 Å². The van der Waals surface area contributed by atoms with Gasteiger partial charge in [-0.1, -0.05) is 0 Å². The summed E-state index contributed by atoms with van der Waals surface area (Å²) in [5, 5.41) is 4.45. The lowest BCUT2D eigenvalue weighted by Gasteiger charge is -2.32. The molecule has 0 aromatic carbocycles. The van der Waals surface area contributed by atoms with Crippen molar-refractivity contribution in [3.63, 3.8) is 0 Å². The Morgan fingerprint density at radius 1 is 1.11 bits per heavy atom. The first-order valence-corrected chi connectivity index (χ1v) is 9.87. The second kappa shape index (κ2) is 8.71. The fraction of sp³-hybridized carbons (Fsp3) is 0.619. The largest absolute Gasteiger partial charge is 0.453 e. The van der Waals surface area contributed by atoms with Crippen LogP contribution in [-0.2, 0) is 20.7 Å². The number of amides is 1. The van der Waals surface area contributed by atoms with Gasteiger partial charge in [0.1, 0.15) is 0 Å². The quantitative estimate of drug-likeness (QED) is 0.681. The van der Waals surface area contributed by atoms with Crippen molar-refractivity contribution in [1.82, 2.24) is 19.5 Å². The van der Waals surface area contributed by atoms with Crippen molar-refractivity contribution < 1.29 is 14.3 Å². The number of carbonyl (C=O) groups is 2. The number of carbonyl (C=O) groups excluding carboxylic acids is 2. The summed E-state index contributed by atoms with van der Waals surface area (Å²) in [4.78, 5) is 31.3. The minimum Gasteiger partial charge on any atom is -0.453 e. The molecule has 0 saturated heterocycles. The first-order chi connectivity index (χ1) is 13.0. The van der Waals surface area contributed by atoms with Crippen LogP contribution in [0.1, 0.15) is 63.7 Å². The number of aromatic nitrogens is 3. The van der Waals surface area contributed by atoms with Crippen LogP contribution < -0.4 is 0 Å². The van der Waals surface area contributed by atoms with Gasteiger partial charge in [0.15, 0.2) is 11.8 Å². The van der Waals surface area contributed by atoms with E-state index in [1.165, 1.54) is 0 Å². The average molecular weight is 389 g/mol. The van der Waals surface area contributed by atoms with Crippen molar-refractivity contribution in [3.8, 4) is 0 Å². The van der Waals surface area contributed by atoms with Gasteiger partial charge in [-0.2, -0.15) is 5.10 Å². The Morgan fingerprint density at radius 2 is 1.71 bits per heavy atom. The molecule has 0 saturated carbocycles. The van der Waals surface area contributed by atoms with Gasteiger partial charge in [-0.05, 0) is 67.4 Å². The maximum atomic E-state index is 12.6. The van der Waals surface area contributed by atoms with E-state index < -0.39 is 6.10 Å². The van der Waals surface area contributed by atoms with Crippen LogP contribution in [0.3, 0.4) is 0 Å². The monoisotopic (exact) mass is 388 g/mol. The molecule has 0 aliphatic heterocycles. The molecule has 7 nitrogen and oxygen atoms in total. The molecule has 2 aromatic heterocycles. The van der Waals surface area contributed by atoms with Gasteiger partial charge in [0.25, 0.3) is 5.91 Å². The molecule has 1 amide bonds. The standard InChI is InChI=1S/C21H32N4O3/c1-12(2)24(13(3)4)21(27)17(8)28-20(26)10-9-18-15(6)22-19-11-14(5)23-25(19)16(18)7/h11-13,17H,9-10H2,1-8H3. The molecule has 0 aliphatic rings. The lowest BCUT2D eigenvalue weighted by atomic mass is 10.1. The Labute approximate surface area is 167 Å². The predicted octanol–water partition coefficient (Wildman–Crippen LogP) is 3.16. The fourth-order valence-electron chi connectivity index (χ4n) is 3.65. The molecule has 0 bridgehead atoms. The van der Waals surface area contributed by atoms with Crippen LogP contribution in [0.5, 0.6) is 0 Å². The van der Waals surface area contributed by atoms with Gasteiger partial charge in [-0.25, -0.2) is 9.50 Å². The summed E-state index contributed by atoms with van der Waals surface area (Å²) in [6, 6.07) is 2.03. The minimum atomic E-state index is -0.797. The smallest absolute Gasteiger partial charge is 0.306 e. The van der Waals surface area contributed by atoms with E-state index in [0.29, 0.717) is 6.42 Å². The van der Waals surface area contributed by atoms with Crippen LogP contribution in [-0.4, -0.2) is 49.6 Å². The number of ether oxygens (including phenoxy) is 1. The topological polar surface area (TPSA) is 76.8 Å². The first-order valence-electron chi connectivity index (χ1n) is 9.87. The van der Waals surface area contributed by atoms with Crippen molar-refractivity contribution in [2.75, 3.05) is 0 Å². The van der Waals surface area contributed by atoms with E-state index in [4.69, 9.17) is 4.74 Å². The molecule has 2 heterocycles. The zero-order chi connectivity index (χ0) is 21.2. The Hall–Kier alpha value is -2.44. The summed E-state index contributed by atoms with van der Waals surface area (Å²) in [6.45, 7) is 15.3. The highest BCUT2D eigenvalue weighted by Gasteiger charge is 2.27. The van der Waals surface area contributed by atoms with Gasteiger partial charge in [-0.15, -0.1) is 0 Å². The van der Waals surface area contributed by atoms with E-state index in [0.717, 1.165) is 28.3 Å². The molecule has 2 aromatic rings. The summed E-state index contributed by atoms with van der Waals surface area (Å²) < 4.78 is 7.22. The van der Waals surface area contributed by atoms with Crippen molar-refractivity contribution in [2.45, 2.75) is 86.4 Å². The van der Waals surface area contributed by atoms with Gasteiger partial charge in [0.05, 0.1) is 5.69 Å². The molecule has 0 radical (unpaired) electrons. The third-order valence-electron chi connectivity index (χ3n) is 4.89. The van der Waals surface area contributed by atoms with E-state index in [2.05, 4.69) is 10.1 Å². The number of aryl methyl sites for hydroxylation is 3. The molecule has 0 aliphatic carbocycles. The van der Waals surface area contributed by atoms with Crippen molar-refractivity contribution >= 4 is 17.5 Å². The van der Waals surface area contributed by atoms with Gasteiger partial charge in [0.2, 0.25) is 0 Å². The third kappa shape index (κ3) is 4.69. The maximum absolute atomic E-state index is 12.6.